The standard InChI is InChI=1S/C17H20F3IN2O4/c18-17(19,20)9-23-12-7-10(16(26)22-5-6-24)8-14(15(12)25)27-13-4-2-1-3-11(13)21/h1-4,8,12,14-15,23-25H,5-7,9H2,(H,22,26)/t12-,14+,15+/m1/s1. The first-order valence-electron chi connectivity index (χ1n) is 8.20. The molecule has 0 unspecified atom stereocenters. The van der Waals surface area contributed by atoms with Gasteiger partial charge in [-0.25, -0.2) is 0 Å². The van der Waals surface area contributed by atoms with E-state index in [1.807, 2.05) is 22.6 Å². The molecule has 3 atom stereocenters. The Morgan fingerprint density at radius 1 is 1.33 bits per heavy atom. The highest BCUT2D eigenvalue weighted by atomic mass is 127. The van der Waals surface area contributed by atoms with E-state index < -0.39 is 36.9 Å². The monoisotopic (exact) mass is 500 g/mol. The Balaban J connectivity index is 2.21. The van der Waals surface area contributed by atoms with Crippen LogP contribution in [0.2, 0.25) is 0 Å². The summed E-state index contributed by atoms with van der Waals surface area (Å²) in [7, 11) is 0. The first-order chi connectivity index (χ1) is 12.7. The highest BCUT2D eigenvalue weighted by molar-refractivity contribution is 14.1. The topological polar surface area (TPSA) is 90.8 Å². The van der Waals surface area contributed by atoms with Crippen molar-refractivity contribution >= 4 is 28.5 Å². The molecule has 0 fully saturated rings. The number of halogens is 4. The molecule has 27 heavy (non-hydrogen) atoms. The van der Waals surface area contributed by atoms with Crippen molar-refractivity contribution < 1.29 is 32.9 Å². The summed E-state index contributed by atoms with van der Waals surface area (Å²) in [5, 5.41) is 24.0. The summed E-state index contributed by atoms with van der Waals surface area (Å²) in [5.41, 5.74) is 0.185. The van der Waals surface area contributed by atoms with Crippen LogP contribution in [0, 0.1) is 3.57 Å². The Bertz CT molecular complexity index is 684. The quantitative estimate of drug-likeness (QED) is 0.425. The molecule has 10 heteroatoms. The van der Waals surface area contributed by atoms with E-state index in [-0.39, 0.29) is 25.1 Å². The summed E-state index contributed by atoms with van der Waals surface area (Å²) in [5.74, 6) is -0.0731. The van der Waals surface area contributed by atoms with Crippen molar-refractivity contribution in [2.45, 2.75) is 30.8 Å². The van der Waals surface area contributed by atoms with E-state index in [4.69, 9.17) is 9.84 Å². The number of hydrogen-bond acceptors (Lipinski definition) is 5. The van der Waals surface area contributed by atoms with E-state index >= 15 is 0 Å². The van der Waals surface area contributed by atoms with Gasteiger partial charge in [0.25, 0.3) is 0 Å². The maximum atomic E-state index is 12.6. The Kier molecular flexibility index (Phi) is 7.89. The molecular formula is C17H20F3IN2O4. The molecule has 0 saturated heterocycles. The molecule has 1 amide bonds. The van der Waals surface area contributed by atoms with Gasteiger partial charge in [-0.1, -0.05) is 12.1 Å². The van der Waals surface area contributed by atoms with Crippen LogP contribution in [0.15, 0.2) is 35.9 Å². The third-order valence-corrected chi connectivity index (χ3v) is 4.80. The fourth-order valence-corrected chi connectivity index (χ4v) is 3.15. The van der Waals surface area contributed by atoms with Crippen LogP contribution in [0.4, 0.5) is 13.2 Å². The summed E-state index contributed by atoms with van der Waals surface area (Å²) in [6, 6.07) is 5.95. The molecule has 1 aliphatic carbocycles. The summed E-state index contributed by atoms with van der Waals surface area (Å²) < 4.78 is 44.2. The van der Waals surface area contributed by atoms with Crippen LogP contribution in [0.3, 0.4) is 0 Å². The lowest BCUT2D eigenvalue weighted by Crippen LogP contribution is -2.53. The van der Waals surface area contributed by atoms with Gasteiger partial charge in [-0.05, 0) is 47.2 Å². The number of para-hydroxylation sites is 1. The van der Waals surface area contributed by atoms with Gasteiger partial charge in [-0.15, -0.1) is 0 Å². The van der Waals surface area contributed by atoms with Crippen LogP contribution in [0.5, 0.6) is 5.75 Å². The lowest BCUT2D eigenvalue weighted by molar-refractivity contribution is -0.129. The van der Waals surface area contributed by atoms with Crippen molar-refractivity contribution in [2.75, 3.05) is 19.7 Å². The van der Waals surface area contributed by atoms with E-state index in [9.17, 15) is 23.1 Å². The number of hydrogen-bond donors (Lipinski definition) is 4. The molecule has 6 nitrogen and oxygen atoms in total. The molecule has 0 spiro atoms. The van der Waals surface area contributed by atoms with Crippen molar-refractivity contribution in [3.05, 3.63) is 39.5 Å². The number of rotatable bonds is 7. The molecule has 4 N–H and O–H groups in total. The maximum absolute atomic E-state index is 12.6. The lowest BCUT2D eigenvalue weighted by Gasteiger charge is -2.34. The lowest BCUT2D eigenvalue weighted by atomic mass is 9.89. The number of amides is 1. The fourth-order valence-electron chi connectivity index (χ4n) is 2.63. The highest BCUT2D eigenvalue weighted by Gasteiger charge is 2.38. The molecule has 0 bridgehead atoms. The first-order valence-corrected chi connectivity index (χ1v) is 9.28. The Morgan fingerprint density at radius 2 is 2.04 bits per heavy atom. The zero-order valence-corrected chi connectivity index (χ0v) is 16.3. The number of nitrogens with one attached hydrogen (secondary N) is 2. The Morgan fingerprint density at radius 3 is 2.67 bits per heavy atom. The fraction of sp³-hybridized carbons (Fsp3) is 0.471. The molecule has 1 aliphatic rings. The van der Waals surface area contributed by atoms with Gasteiger partial charge in [0.15, 0.2) is 0 Å². The molecule has 0 aliphatic heterocycles. The number of aliphatic hydroxyl groups excluding tert-OH is 2. The molecule has 0 saturated carbocycles. The summed E-state index contributed by atoms with van der Waals surface area (Å²) >= 11 is 2.03. The van der Waals surface area contributed by atoms with Crippen molar-refractivity contribution in [3.63, 3.8) is 0 Å². The number of carbonyl (C=O) groups excluding carboxylic acids is 1. The minimum absolute atomic E-state index is 0.0154. The van der Waals surface area contributed by atoms with Crippen molar-refractivity contribution in [2.24, 2.45) is 0 Å². The summed E-state index contributed by atoms with van der Waals surface area (Å²) in [6.45, 7) is -1.54. The second-order valence-corrected chi connectivity index (χ2v) is 7.14. The largest absolute Gasteiger partial charge is 0.482 e. The third kappa shape index (κ3) is 6.63. The van der Waals surface area contributed by atoms with E-state index in [1.165, 1.54) is 6.08 Å². The van der Waals surface area contributed by atoms with Gasteiger partial charge in [-0.2, -0.15) is 13.2 Å². The van der Waals surface area contributed by atoms with Crippen LogP contribution in [-0.4, -0.2) is 60.2 Å². The van der Waals surface area contributed by atoms with Crippen LogP contribution in [0.25, 0.3) is 0 Å². The number of carbonyl (C=O) groups is 1. The van der Waals surface area contributed by atoms with Crippen LogP contribution >= 0.6 is 22.6 Å². The number of aliphatic hydroxyl groups is 2. The predicted octanol–water partition coefficient (Wildman–Crippen LogP) is 1.36. The molecule has 0 radical (unpaired) electrons. The van der Waals surface area contributed by atoms with Gasteiger partial charge in [0.2, 0.25) is 5.91 Å². The molecule has 1 aromatic rings. The van der Waals surface area contributed by atoms with E-state index in [0.29, 0.717) is 5.75 Å². The average molecular weight is 500 g/mol. The zero-order chi connectivity index (χ0) is 20.0. The molecule has 0 heterocycles. The van der Waals surface area contributed by atoms with Crippen LogP contribution in [-0.2, 0) is 4.79 Å². The number of ether oxygens (including phenoxy) is 1. The molecule has 150 valence electrons. The third-order valence-electron chi connectivity index (χ3n) is 3.91. The van der Waals surface area contributed by atoms with Crippen molar-refractivity contribution in [1.29, 1.82) is 0 Å². The van der Waals surface area contributed by atoms with Crippen LogP contribution < -0.4 is 15.4 Å². The van der Waals surface area contributed by atoms with Gasteiger partial charge in [0, 0.05) is 18.2 Å². The predicted molar refractivity (Wildman–Crippen MR) is 100 cm³/mol. The Hall–Kier alpha value is -1.37. The minimum Gasteiger partial charge on any atom is -0.482 e. The van der Waals surface area contributed by atoms with Crippen molar-refractivity contribution in [1.82, 2.24) is 10.6 Å². The van der Waals surface area contributed by atoms with E-state index in [1.54, 1.807) is 24.3 Å². The van der Waals surface area contributed by atoms with Gasteiger partial charge < -0.3 is 25.6 Å². The SMILES string of the molecule is O=C(NCCO)C1=C[C@H](Oc2ccccc2I)[C@@H](O)[C@H](NCC(F)(F)F)C1. The van der Waals surface area contributed by atoms with E-state index in [0.717, 1.165) is 3.57 Å². The van der Waals surface area contributed by atoms with E-state index in [2.05, 4.69) is 10.6 Å². The minimum atomic E-state index is -4.45. The van der Waals surface area contributed by atoms with Gasteiger partial charge in [-0.3, -0.25) is 4.79 Å². The van der Waals surface area contributed by atoms with Gasteiger partial charge in [0.05, 0.1) is 16.7 Å². The number of benzene rings is 1. The zero-order valence-electron chi connectivity index (χ0n) is 14.2. The summed E-state index contributed by atoms with van der Waals surface area (Å²) in [4.78, 5) is 12.2. The number of alkyl halides is 3. The Labute approximate surface area is 167 Å². The second-order valence-electron chi connectivity index (χ2n) is 5.98. The maximum Gasteiger partial charge on any atom is 0.401 e. The molecule has 1 aromatic carbocycles. The average Bonchev–Trinajstić information content (AvgIpc) is 2.61. The van der Waals surface area contributed by atoms with Gasteiger partial charge >= 0.3 is 6.18 Å². The highest BCUT2D eigenvalue weighted by Crippen LogP contribution is 2.27. The first kappa shape index (κ1) is 21.9. The smallest absolute Gasteiger partial charge is 0.401 e. The molecule has 0 aromatic heterocycles. The molecular weight excluding hydrogens is 480 g/mol. The van der Waals surface area contributed by atoms with Crippen LogP contribution in [0.1, 0.15) is 6.42 Å². The molecule has 2 rings (SSSR count). The normalized spacial score (nSPS) is 22.9. The second kappa shape index (κ2) is 9.71. The van der Waals surface area contributed by atoms with Crippen molar-refractivity contribution in [3.8, 4) is 5.75 Å². The summed E-state index contributed by atoms with van der Waals surface area (Å²) in [6.07, 6.45) is -5.43. The van der Waals surface area contributed by atoms with Gasteiger partial charge in [0.1, 0.15) is 18.0 Å².